The van der Waals surface area contributed by atoms with Gasteiger partial charge in [0.25, 0.3) is 0 Å². The highest BCUT2D eigenvalue weighted by Crippen LogP contribution is 2.13. The van der Waals surface area contributed by atoms with E-state index in [1.165, 1.54) is 0 Å². The second-order valence-electron chi connectivity index (χ2n) is 4.10. The zero-order valence-electron chi connectivity index (χ0n) is 9.06. The van der Waals surface area contributed by atoms with Crippen LogP contribution in [0, 0.1) is 5.92 Å². The van der Waals surface area contributed by atoms with Gasteiger partial charge in [0, 0.05) is 25.6 Å². The van der Waals surface area contributed by atoms with Gasteiger partial charge in [-0.3, -0.25) is 9.69 Å². The predicted octanol–water partition coefficient (Wildman–Crippen LogP) is -0.180. The average Bonchev–Trinajstić information content (AvgIpc) is 2.72. The first-order valence-corrected chi connectivity index (χ1v) is 5.40. The van der Waals surface area contributed by atoms with Gasteiger partial charge in [-0.05, 0) is 12.1 Å². The van der Waals surface area contributed by atoms with Gasteiger partial charge in [-0.1, -0.05) is 0 Å². The van der Waals surface area contributed by atoms with Crippen LogP contribution < -0.4 is 5.32 Å². The van der Waals surface area contributed by atoms with E-state index in [0.29, 0.717) is 19.0 Å². The zero-order valence-corrected chi connectivity index (χ0v) is 9.06. The molecule has 0 radical (unpaired) electrons. The molecule has 88 valence electrons. The maximum Gasteiger partial charge on any atom is 0.234 e. The van der Waals surface area contributed by atoms with E-state index in [4.69, 9.17) is 9.52 Å². The van der Waals surface area contributed by atoms with Crippen LogP contribution in [-0.2, 0) is 11.3 Å². The van der Waals surface area contributed by atoms with Crippen LogP contribution in [0.15, 0.2) is 22.8 Å². The molecule has 1 amide bonds. The van der Waals surface area contributed by atoms with Crippen molar-refractivity contribution in [3.8, 4) is 0 Å². The van der Waals surface area contributed by atoms with Crippen molar-refractivity contribution in [1.82, 2.24) is 10.2 Å². The molecule has 0 atom stereocenters. The van der Waals surface area contributed by atoms with E-state index in [0.717, 1.165) is 18.8 Å². The SMILES string of the molecule is O=C(CN1CC(CO)C1)NCc1ccco1. The molecule has 2 heterocycles. The summed E-state index contributed by atoms with van der Waals surface area (Å²) in [5.41, 5.74) is 0. The first-order chi connectivity index (χ1) is 7.78. The van der Waals surface area contributed by atoms with E-state index in [9.17, 15) is 4.79 Å². The summed E-state index contributed by atoms with van der Waals surface area (Å²) in [7, 11) is 0. The molecule has 1 fully saturated rings. The molecule has 0 spiro atoms. The summed E-state index contributed by atoms with van der Waals surface area (Å²) in [5, 5.41) is 11.6. The minimum atomic E-state index is -0.00668. The lowest BCUT2D eigenvalue weighted by Gasteiger charge is -2.37. The van der Waals surface area contributed by atoms with Crippen molar-refractivity contribution in [2.45, 2.75) is 6.54 Å². The number of aliphatic hydroxyl groups excluding tert-OH is 1. The van der Waals surface area contributed by atoms with Crippen molar-refractivity contribution >= 4 is 5.91 Å². The number of aliphatic hydroxyl groups is 1. The molecule has 0 bridgehead atoms. The fourth-order valence-corrected chi connectivity index (χ4v) is 1.78. The van der Waals surface area contributed by atoms with Crippen molar-refractivity contribution in [3.63, 3.8) is 0 Å². The van der Waals surface area contributed by atoms with E-state index in [1.807, 2.05) is 11.0 Å². The number of amides is 1. The molecule has 0 aromatic carbocycles. The number of rotatable bonds is 5. The van der Waals surface area contributed by atoms with Crippen LogP contribution in [0.3, 0.4) is 0 Å². The van der Waals surface area contributed by atoms with Gasteiger partial charge in [0.15, 0.2) is 0 Å². The van der Waals surface area contributed by atoms with E-state index in [-0.39, 0.29) is 12.5 Å². The number of carbonyl (C=O) groups excluding carboxylic acids is 1. The largest absolute Gasteiger partial charge is 0.467 e. The number of likely N-dealkylation sites (tertiary alicyclic amines) is 1. The van der Waals surface area contributed by atoms with Crippen LogP contribution in [0.4, 0.5) is 0 Å². The van der Waals surface area contributed by atoms with Crippen molar-refractivity contribution < 1.29 is 14.3 Å². The highest BCUT2D eigenvalue weighted by molar-refractivity contribution is 5.78. The van der Waals surface area contributed by atoms with Crippen LogP contribution in [0.25, 0.3) is 0 Å². The molecule has 1 saturated heterocycles. The second kappa shape index (κ2) is 5.14. The zero-order chi connectivity index (χ0) is 11.4. The van der Waals surface area contributed by atoms with Gasteiger partial charge in [0.2, 0.25) is 5.91 Å². The van der Waals surface area contributed by atoms with Gasteiger partial charge in [-0.15, -0.1) is 0 Å². The molecule has 1 aliphatic heterocycles. The minimum absolute atomic E-state index is 0.00668. The van der Waals surface area contributed by atoms with E-state index < -0.39 is 0 Å². The van der Waals surface area contributed by atoms with Crippen molar-refractivity contribution in [2.24, 2.45) is 5.92 Å². The van der Waals surface area contributed by atoms with Crippen molar-refractivity contribution in [2.75, 3.05) is 26.2 Å². The standard InChI is InChI=1S/C11H16N2O3/c14-8-9-5-13(6-9)7-11(15)12-4-10-2-1-3-16-10/h1-3,9,14H,4-8H2,(H,12,15). The molecule has 5 heteroatoms. The maximum atomic E-state index is 11.5. The highest BCUT2D eigenvalue weighted by atomic mass is 16.3. The first-order valence-electron chi connectivity index (χ1n) is 5.40. The summed E-state index contributed by atoms with van der Waals surface area (Å²) in [4.78, 5) is 13.5. The number of nitrogens with one attached hydrogen (secondary N) is 1. The maximum absolute atomic E-state index is 11.5. The quantitative estimate of drug-likeness (QED) is 0.728. The summed E-state index contributed by atoms with van der Waals surface area (Å²) in [6.45, 7) is 2.67. The normalized spacial score (nSPS) is 17.1. The Morgan fingerprint density at radius 3 is 3.06 bits per heavy atom. The van der Waals surface area contributed by atoms with Gasteiger partial charge in [-0.2, -0.15) is 0 Å². The van der Waals surface area contributed by atoms with E-state index in [2.05, 4.69) is 5.32 Å². The molecule has 1 aromatic heterocycles. The molecule has 2 rings (SSSR count). The lowest BCUT2D eigenvalue weighted by molar-refractivity contribution is -0.124. The number of furan rings is 1. The Morgan fingerprint density at radius 1 is 1.62 bits per heavy atom. The summed E-state index contributed by atoms with van der Waals surface area (Å²) < 4.78 is 5.10. The third-order valence-corrected chi connectivity index (χ3v) is 2.70. The first kappa shape index (κ1) is 11.2. The second-order valence-corrected chi connectivity index (χ2v) is 4.10. The number of hydrogen-bond donors (Lipinski definition) is 2. The van der Waals surface area contributed by atoms with Gasteiger partial charge in [0.05, 0.1) is 19.4 Å². The molecule has 1 aliphatic rings. The fourth-order valence-electron chi connectivity index (χ4n) is 1.78. The molecule has 0 saturated carbocycles. The van der Waals surface area contributed by atoms with Crippen LogP contribution in [-0.4, -0.2) is 42.2 Å². The molecule has 5 nitrogen and oxygen atoms in total. The number of carbonyl (C=O) groups is 1. The summed E-state index contributed by atoms with van der Waals surface area (Å²) in [6, 6.07) is 3.62. The average molecular weight is 224 g/mol. The molecule has 16 heavy (non-hydrogen) atoms. The van der Waals surface area contributed by atoms with E-state index in [1.54, 1.807) is 12.3 Å². The summed E-state index contributed by atoms with van der Waals surface area (Å²) >= 11 is 0. The molecule has 2 N–H and O–H groups in total. The Bertz CT molecular complexity index is 331. The third kappa shape index (κ3) is 2.84. The van der Waals surface area contributed by atoms with Crippen molar-refractivity contribution in [3.05, 3.63) is 24.2 Å². The lowest BCUT2D eigenvalue weighted by Crippen LogP contribution is -2.51. The Hall–Kier alpha value is -1.33. The molecule has 0 unspecified atom stereocenters. The topological polar surface area (TPSA) is 65.7 Å². The predicted molar refractivity (Wildman–Crippen MR) is 57.6 cm³/mol. The summed E-state index contributed by atoms with van der Waals surface area (Å²) in [5.74, 6) is 1.09. The van der Waals surface area contributed by atoms with Gasteiger partial charge in [0.1, 0.15) is 5.76 Å². The van der Waals surface area contributed by atoms with Crippen LogP contribution in [0.2, 0.25) is 0 Å². The Morgan fingerprint density at radius 2 is 2.44 bits per heavy atom. The minimum Gasteiger partial charge on any atom is -0.467 e. The lowest BCUT2D eigenvalue weighted by atomic mass is 10.0. The van der Waals surface area contributed by atoms with E-state index >= 15 is 0 Å². The Labute approximate surface area is 94.0 Å². The number of nitrogens with zero attached hydrogens (tertiary/aromatic N) is 1. The number of hydrogen-bond acceptors (Lipinski definition) is 4. The van der Waals surface area contributed by atoms with Crippen LogP contribution >= 0.6 is 0 Å². The molecular weight excluding hydrogens is 208 g/mol. The van der Waals surface area contributed by atoms with Crippen LogP contribution in [0.1, 0.15) is 5.76 Å². The molecule has 0 aliphatic carbocycles. The monoisotopic (exact) mass is 224 g/mol. The highest BCUT2D eigenvalue weighted by Gasteiger charge is 2.26. The van der Waals surface area contributed by atoms with Gasteiger partial charge < -0.3 is 14.8 Å². The van der Waals surface area contributed by atoms with Gasteiger partial charge in [-0.25, -0.2) is 0 Å². The summed E-state index contributed by atoms with van der Waals surface area (Å²) in [6.07, 6.45) is 1.59. The fraction of sp³-hybridized carbons (Fsp3) is 0.545. The van der Waals surface area contributed by atoms with Crippen molar-refractivity contribution in [1.29, 1.82) is 0 Å². The Balaban J connectivity index is 1.62. The Kier molecular flexibility index (Phi) is 3.58. The molecule has 1 aromatic rings. The van der Waals surface area contributed by atoms with Gasteiger partial charge >= 0.3 is 0 Å². The third-order valence-electron chi connectivity index (χ3n) is 2.70. The smallest absolute Gasteiger partial charge is 0.234 e. The van der Waals surface area contributed by atoms with Crippen LogP contribution in [0.5, 0.6) is 0 Å². The molecular formula is C11H16N2O3.